The van der Waals surface area contributed by atoms with E-state index in [0.717, 1.165) is 29.5 Å². The Morgan fingerprint density at radius 2 is 2.36 bits per heavy atom. The normalized spacial score (nSPS) is 28.2. The van der Waals surface area contributed by atoms with Gasteiger partial charge in [-0.3, -0.25) is 0 Å². The highest BCUT2D eigenvalue weighted by molar-refractivity contribution is 7.14. The number of methoxy groups -OCH3 is 1. The van der Waals surface area contributed by atoms with E-state index in [-0.39, 0.29) is 0 Å². The summed E-state index contributed by atoms with van der Waals surface area (Å²) in [4.78, 5) is 3.16. The molecule has 1 atom stereocenters. The highest BCUT2D eigenvalue weighted by atomic mass is 32.1. The standard InChI is InChI=1S/C10H15NO2S/c1-11-6-5-10(12,7-11)8-3-4-9(13-2)14-8/h3-4,12H,5-7H2,1-2H3. The Hall–Kier alpha value is -0.580. The molecule has 1 unspecified atom stereocenters. The Kier molecular flexibility index (Phi) is 2.51. The maximum atomic E-state index is 10.4. The van der Waals surface area contributed by atoms with Crippen molar-refractivity contribution in [3.05, 3.63) is 17.0 Å². The number of hydrogen-bond donors (Lipinski definition) is 1. The van der Waals surface area contributed by atoms with Gasteiger partial charge in [0.05, 0.1) is 7.11 Å². The molecule has 1 fully saturated rings. The molecule has 0 saturated carbocycles. The van der Waals surface area contributed by atoms with E-state index in [2.05, 4.69) is 4.90 Å². The van der Waals surface area contributed by atoms with Gasteiger partial charge in [0.1, 0.15) is 5.60 Å². The van der Waals surface area contributed by atoms with Gasteiger partial charge in [-0.05, 0) is 25.6 Å². The lowest BCUT2D eigenvalue weighted by Gasteiger charge is -2.20. The van der Waals surface area contributed by atoms with Crippen molar-refractivity contribution in [1.82, 2.24) is 4.90 Å². The third kappa shape index (κ3) is 1.65. The zero-order chi connectivity index (χ0) is 10.2. The Morgan fingerprint density at radius 3 is 2.86 bits per heavy atom. The van der Waals surface area contributed by atoms with Crippen LogP contribution in [0.3, 0.4) is 0 Å². The van der Waals surface area contributed by atoms with E-state index in [0.29, 0.717) is 0 Å². The van der Waals surface area contributed by atoms with Crippen LogP contribution in [0.5, 0.6) is 5.06 Å². The summed E-state index contributed by atoms with van der Waals surface area (Å²) in [7, 11) is 3.68. The number of ether oxygens (including phenoxy) is 1. The maximum Gasteiger partial charge on any atom is 0.173 e. The van der Waals surface area contributed by atoms with Crippen LogP contribution in [-0.2, 0) is 5.60 Å². The summed E-state index contributed by atoms with van der Waals surface area (Å²) in [6.07, 6.45) is 0.813. The fourth-order valence-electron chi connectivity index (χ4n) is 1.86. The largest absolute Gasteiger partial charge is 0.487 e. The fourth-order valence-corrected chi connectivity index (χ4v) is 2.79. The van der Waals surface area contributed by atoms with Crippen LogP contribution in [-0.4, -0.2) is 37.3 Å². The van der Waals surface area contributed by atoms with Gasteiger partial charge in [0.2, 0.25) is 0 Å². The third-order valence-electron chi connectivity index (χ3n) is 2.68. The molecular formula is C10H15NO2S. The van der Waals surface area contributed by atoms with Crippen molar-refractivity contribution in [2.45, 2.75) is 12.0 Å². The van der Waals surface area contributed by atoms with Crippen molar-refractivity contribution in [1.29, 1.82) is 0 Å². The minimum Gasteiger partial charge on any atom is -0.487 e. The van der Waals surface area contributed by atoms with Crippen LogP contribution < -0.4 is 4.74 Å². The average molecular weight is 213 g/mol. The lowest BCUT2D eigenvalue weighted by Crippen LogP contribution is -2.27. The molecule has 14 heavy (non-hydrogen) atoms. The van der Waals surface area contributed by atoms with Gasteiger partial charge in [-0.25, -0.2) is 0 Å². The van der Waals surface area contributed by atoms with Crippen molar-refractivity contribution in [2.75, 3.05) is 27.2 Å². The van der Waals surface area contributed by atoms with Crippen LogP contribution in [0.25, 0.3) is 0 Å². The molecule has 78 valence electrons. The number of likely N-dealkylation sites (N-methyl/N-ethyl adjacent to an activating group) is 1. The SMILES string of the molecule is COc1ccc(C2(O)CCN(C)C2)s1. The minimum absolute atomic E-state index is 0.657. The molecule has 2 rings (SSSR count). The van der Waals surface area contributed by atoms with Gasteiger partial charge in [-0.1, -0.05) is 0 Å². The van der Waals surface area contributed by atoms with E-state index in [4.69, 9.17) is 4.74 Å². The first kappa shape index (κ1) is 9.96. The number of β-amino-alcohol motifs (C(OH)–C–C–N with tert-alkyl or cyclic N) is 1. The molecule has 0 bridgehead atoms. The summed E-state index contributed by atoms with van der Waals surface area (Å²) in [5.74, 6) is 0. The number of hydrogen-bond acceptors (Lipinski definition) is 4. The number of likely N-dealkylation sites (tertiary alicyclic amines) is 1. The molecule has 1 aromatic rings. The predicted molar refractivity (Wildman–Crippen MR) is 56.9 cm³/mol. The van der Waals surface area contributed by atoms with Gasteiger partial charge in [0, 0.05) is 18.0 Å². The zero-order valence-corrected chi connectivity index (χ0v) is 9.30. The Bertz CT molecular complexity index is 326. The molecule has 0 spiro atoms. The molecular weight excluding hydrogens is 198 g/mol. The summed E-state index contributed by atoms with van der Waals surface area (Å²) in [5.41, 5.74) is -0.657. The van der Waals surface area contributed by atoms with Crippen LogP contribution in [0.2, 0.25) is 0 Å². The van der Waals surface area contributed by atoms with E-state index >= 15 is 0 Å². The molecule has 0 aliphatic carbocycles. The highest BCUT2D eigenvalue weighted by Crippen LogP contribution is 2.37. The molecule has 1 aliphatic rings. The molecule has 4 heteroatoms. The number of thiophene rings is 1. The molecule has 0 aromatic carbocycles. The topological polar surface area (TPSA) is 32.7 Å². The fraction of sp³-hybridized carbons (Fsp3) is 0.600. The maximum absolute atomic E-state index is 10.4. The van der Waals surface area contributed by atoms with E-state index < -0.39 is 5.60 Å². The van der Waals surface area contributed by atoms with Crippen LogP contribution in [0.4, 0.5) is 0 Å². The molecule has 0 amide bonds. The minimum atomic E-state index is -0.657. The number of rotatable bonds is 2. The van der Waals surface area contributed by atoms with Crippen LogP contribution >= 0.6 is 11.3 Å². The Balaban J connectivity index is 2.21. The summed E-state index contributed by atoms with van der Waals surface area (Å²) < 4.78 is 5.12. The van der Waals surface area contributed by atoms with Gasteiger partial charge in [-0.15, -0.1) is 11.3 Å². The average Bonchev–Trinajstić information content (AvgIpc) is 2.73. The molecule has 0 radical (unpaired) electrons. The Morgan fingerprint density at radius 1 is 1.57 bits per heavy atom. The molecule has 2 heterocycles. The first-order valence-corrected chi connectivity index (χ1v) is 5.51. The van der Waals surface area contributed by atoms with Crippen LogP contribution in [0.1, 0.15) is 11.3 Å². The second-order valence-electron chi connectivity index (χ2n) is 3.84. The van der Waals surface area contributed by atoms with Crippen LogP contribution in [0, 0.1) is 0 Å². The van der Waals surface area contributed by atoms with Crippen LogP contribution in [0.15, 0.2) is 12.1 Å². The molecule has 3 nitrogen and oxygen atoms in total. The van der Waals surface area contributed by atoms with E-state index in [9.17, 15) is 5.11 Å². The van der Waals surface area contributed by atoms with Crippen molar-refractivity contribution in [3.8, 4) is 5.06 Å². The zero-order valence-electron chi connectivity index (χ0n) is 8.49. The van der Waals surface area contributed by atoms with Gasteiger partial charge < -0.3 is 14.7 Å². The van der Waals surface area contributed by atoms with Gasteiger partial charge in [0.15, 0.2) is 5.06 Å². The first-order valence-electron chi connectivity index (χ1n) is 4.69. The molecule has 1 aromatic heterocycles. The van der Waals surface area contributed by atoms with Crippen molar-refractivity contribution in [3.63, 3.8) is 0 Å². The monoisotopic (exact) mass is 213 g/mol. The smallest absolute Gasteiger partial charge is 0.173 e. The highest BCUT2D eigenvalue weighted by Gasteiger charge is 2.37. The van der Waals surface area contributed by atoms with Gasteiger partial charge in [0.25, 0.3) is 0 Å². The second-order valence-corrected chi connectivity index (χ2v) is 4.89. The van der Waals surface area contributed by atoms with E-state index in [1.165, 1.54) is 11.3 Å². The van der Waals surface area contributed by atoms with Crippen molar-refractivity contribution >= 4 is 11.3 Å². The molecule has 1 saturated heterocycles. The van der Waals surface area contributed by atoms with E-state index in [1.54, 1.807) is 7.11 Å². The summed E-state index contributed by atoms with van der Waals surface area (Å²) >= 11 is 1.53. The first-order chi connectivity index (χ1) is 6.64. The molecule has 1 aliphatic heterocycles. The lowest BCUT2D eigenvalue weighted by atomic mass is 10.0. The number of aliphatic hydroxyl groups is 1. The summed E-state index contributed by atoms with van der Waals surface area (Å²) in [6.45, 7) is 1.67. The molecule has 1 N–H and O–H groups in total. The van der Waals surface area contributed by atoms with Gasteiger partial charge >= 0.3 is 0 Å². The quantitative estimate of drug-likeness (QED) is 0.803. The number of nitrogens with zero attached hydrogens (tertiary/aromatic N) is 1. The van der Waals surface area contributed by atoms with Crippen molar-refractivity contribution in [2.24, 2.45) is 0 Å². The third-order valence-corrected chi connectivity index (χ3v) is 3.92. The Labute approximate surface area is 87.9 Å². The van der Waals surface area contributed by atoms with E-state index in [1.807, 2.05) is 19.2 Å². The van der Waals surface area contributed by atoms with Crippen molar-refractivity contribution < 1.29 is 9.84 Å². The lowest BCUT2D eigenvalue weighted by molar-refractivity contribution is 0.0526. The summed E-state index contributed by atoms with van der Waals surface area (Å²) in [5, 5.41) is 11.2. The summed E-state index contributed by atoms with van der Waals surface area (Å²) in [6, 6.07) is 3.87. The predicted octanol–water partition coefficient (Wildman–Crippen LogP) is 1.28. The second kappa shape index (κ2) is 3.53. The van der Waals surface area contributed by atoms with Gasteiger partial charge in [-0.2, -0.15) is 0 Å².